The number of ether oxygens (including phenoxy) is 1. The van der Waals surface area contributed by atoms with E-state index in [9.17, 15) is 9.59 Å². The first-order valence-corrected chi connectivity index (χ1v) is 8.22. The number of benzene rings is 1. The summed E-state index contributed by atoms with van der Waals surface area (Å²) in [7, 11) is 0. The average molecular weight is 343 g/mol. The topological polar surface area (TPSA) is 93.5 Å². The molecule has 2 heterocycles. The third-order valence-electron chi connectivity index (χ3n) is 4.32. The SMILES string of the molecule is Cc1nn(CCC(=O)O)c(C)c1NC(=O)c1ccc2c(c1)CC(C)O2. The van der Waals surface area contributed by atoms with Gasteiger partial charge in [-0.05, 0) is 44.5 Å². The number of aliphatic carboxylic acids is 1. The molecule has 2 N–H and O–H groups in total. The Morgan fingerprint density at radius 3 is 2.88 bits per heavy atom. The Morgan fingerprint density at radius 2 is 2.16 bits per heavy atom. The van der Waals surface area contributed by atoms with Crippen LogP contribution in [0.3, 0.4) is 0 Å². The number of carbonyl (C=O) groups is 2. The fraction of sp³-hybridized carbons (Fsp3) is 0.389. The summed E-state index contributed by atoms with van der Waals surface area (Å²) in [4.78, 5) is 23.3. The van der Waals surface area contributed by atoms with Crippen molar-refractivity contribution in [3.63, 3.8) is 0 Å². The van der Waals surface area contributed by atoms with Crippen molar-refractivity contribution in [2.75, 3.05) is 5.32 Å². The first-order chi connectivity index (χ1) is 11.8. The first-order valence-electron chi connectivity index (χ1n) is 8.22. The van der Waals surface area contributed by atoms with Crippen molar-refractivity contribution < 1.29 is 19.4 Å². The van der Waals surface area contributed by atoms with E-state index >= 15 is 0 Å². The van der Waals surface area contributed by atoms with Crippen molar-refractivity contribution in [1.82, 2.24) is 9.78 Å². The number of nitrogens with zero attached hydrogens (tertiary/aromatic N) is 2. The highest BCUT2D eigenvalue weighted by molar-refractivity contribution is 6.05. The zero-order valence-electron chi connectivity index (χ0n) is 14.5. The molecule has 0 fully saturated rings. The van der Waals surface area contributed by atoms with E-state index in [0.29, 0.717) is 16.9 Å². The molecule has 132 valence electrons. The van der Waals surface area contributed by atoms with E-state index in [4.69, 9.17) is 9.84 Å². The number of aromatic nitrogens is 2. The Labute approximate surface area is 145 Å². The minimum atomic E-state index is -0.882. The normalized spacial score (nSPS) is 15.6. The van der Waals surface area contributed by atoms with Crippen LogP contribution >= 0.6 is 0 Å². The number of aryl methyl sites for hydroxylation is 2. The molecule has 1 amide bonds. The molecule has 2 aromatic rings. The Balaban J connectivity index is 1.77. The highest BCUT2D eigenvalue weighted by Gasteiger charge is 2.21. The van der Waals surface area contributed by atoms with Gasteiger partial charge >= 0.3 is 5.97 Å². The number of nitrogens with one attached hydrogen (secondary N) is 1. The maximum Gasteiger partial charge on any atom is 0.305 e. The molecule has 1 atom stereocenters. The van der Waals surface area contributed by atoms with Crippen LogP contribution in [-0.4, -0.2) is 32.9 Å². The van der Waals surface area contributed by atoms with E-state index in [0.717, 1.165) is 23.4 Å². The number of rotatable bonds is 5. The Kier molecular flexibility index (Phi) is 4.48. The van der Waals surface area contributed by atoms with E-state index in [2.05, 4.69) is 10.4 Å². The minimum absolute atomic E-state index is 0.0155. The molecule has 1 aromatic heterocycles. The highest BCUT2D eigenvalue weighted by atomic mass is 16.5. The van der Waals surface area contributed by atoms with Gasteiger partial charge in [0, 0.05) is 12.0 Å². The second-order valence-electron chi connectivity index (χ2n) is 6.32. The van der Waals surface area contributed by atoms with Gasteiger partial charge in [0.2, 0.25) is 0 Å². The largest absolute Gasteiger partial charge is 0.490 e. The van der Waals surface area contributed by atoms with Crippen molar-refractivity contribution in [2.24, 2.45) is 0 Å². The quantitative estimate of drug-likeness (QED) is 0.870. The molecule has 0 radical (unpaired) electrons. The molecule has 0 saturated heterocycles. The molecule has 1 unspecified atom stereocenters. The number of hydrogen-bond acceptors (Lipinski definition) is 4. The van der Waals surface area contributed by atoms with E-state index in [1.54, 1.807) is 17.7 Å². The van der Waals surface area contributed by atoms with Crippen LogP contribution in [0.5, 0.6) is 5.75 Å². The summed E-state index contributed by atoms with van der Waals surface area (Å²) >= 11 is 0. The molecule has 25 heavy (non-hydrogen) atoms. The summed E-state index contributed by atoms with van der Waals surface area (Å²) in [5.41, 5.74) is 3.62. The van der Waals surface area contributed by atoms with Gasteiger partial charge < -0.3 is 15.2 Å². The van der Waals surface area contributed by atoms with Crippen LogP contribution < -0.4 is 10.1 Å². The number of fused-ring (bicyclic) bond motifs is 1. The molecule has 7 heteroatoms. The summed E-state index contributed by atoms with van der Waals surface area (Å²) in [6.45, 7) is 5.87. The van der Waals surface area contributed by atoms with Crippen molar-refractivity contribution >= 4 is 17.6 Å². The van der Waals surface area contributed by atoms with E-state index in [1.807, 2.05) is 26.0 Å². The standard InChI is InChI=1S/C18H21N3O4/c1-10-8-14-9-13(4-5-15(14)25-10)18(24)19-17-11(2)20-21(12(17)3)7-6-16(22)23/h4-5,9-10H,6-8H2,1-3H3,(H,19,24)(H,22,23). The number of carboxylic acid groups (broad SMARTS) is 1. The van der Waals surface area contributed by atoms with Crippen molar-refractivity contribution in [2.45, 2.75) is 46.3 Å². The molecular formula is C18H21N3O4. The number of hydrogen-bond donors (Lipinski definition) is 2. The van der Waals surface area contributed by atoms with Crippen molar-refractivity contribution in [1.29, 1.82) is 0 Å². The smallest absolute Gasteiger partial charge is 0.305 e. The lowest BCUT2D eigenvalue weighted by molar-refractivity contribution is -0.137. The van der Waals surface area contributed by atoms with Crippen molar-refractivity contribution in [3.05, 3.63) is 40.7 Å². The number of carboxylic acids is 1. The molecule has 3 rings (SSSR count). The summed E-state index contributed by atoms with van der Waals surface area (Å²) in [6, 6.07) is 5.42. The van der Waals surface area contributed by atoms with Crippen LogP contribution in [0.4, 0.5) is 5.69 Å². The fourth-order valence-electron chi connectivity index (χ4n) is 3.05. The molecule has 1 aliphatic heterocycles. The maximum atomic E-state index is 12.6. The molecule has 0 aliphatic carbocycles. The Morgan fingerprint density at radius 1 is 1.40 bits per heavy atom. The van der Waals surface area contributed by atoms with Gasteiger partial charge in [0.05, 0.1) is 30.0 Å². The zero-order chi connectivity index (χ0) is 18.1. The predicted molar refractivity (Wildman–Crippen MR) is 92.1 cm³/mol. The second-order valence-corrected chi connectivity index (χ2v) is 6.32. The lowest BCUT2D eigenvalue weighted by Crippen LogP contribution is -2.14. The van der Waals surface area contributed by atoms with Gasteiger partial charge in [0.25, 0.3) is 5.91 Å². The van der Waals surface area contributed by atoms with Gasteiger partial charge in [-0.15, -0.1) is 0 Å². The summed E-state index contributed by atoms with van der Waals surface area (Å²) < 4.78 is 7.26. The maximum absolute atomic E-state index is 12.6. The number of amides is 1. The Bertz CT molecular complexity index is 841. The van der Waals surface area contributed by atoms with Crippen LogP contribution in [0, 0.1) is 13.8 Å². The molecule has 1 aliphatic rings. The number of carbonyl (C=O) groups excluding carboxylic acids is 1. The zero-order valence-corrected chi connectivity index (χ0v) is 14.5. The van der Waals surface area contributed by atoms with E-state index in [1.165, 1.54) is 0 Å². The average Bonchev–Trinajstić information content (AvgIpc) is 3.05. The van der Waals surface area contributed by atoms with Crippen LogP contribution in [0.2, 0.25) is 0 Å². The van der Waals surface area contributed by atoms with Gasteiger partial charge in [-0.2, -0.15) is 5.10 Å². The molecule has 7 nitrogen and oxygen atoms in total. The molecule has 0 bridgehead atoms. The van der Waals surface area contributed by atoms with Crippen LogP contribution in [0.1, 0.15) is 40.7 Å². The molecule has 0 saturated carbocycles. The third-order valence-corrected chi connectivity index (χ3v) is 4.32. The minimum Gasteiger partial charge on any atom is -0.490 e. The molecule has 0 spiro atoms. The van der Waals surface area contributed by atoms with Gasteiger partial charge in [-0.25, -0.2) is 0 Å². The van der Waals surface area contributed by atoms with E-state index in [-0.39, 0.29) is 25.0 Å². The van der Waals surface area contributed by atoms with Crippen LogP contribution in [0.15, 0.2) is 18.2 Å². The lowest BCUT2D eigenvalue weighted by atomic mass is 10.1. The summed E-state index contributed by atoms with van der Waals surface area (Å²) in [5.74, 6) is -0.267. The fourth-order valence-corrected chi connectivity index (χ4v) is 3.05. The second kappa shape index (κ2) is 6.58. The molecular weight excluding hydrogens is 322 g/mol. The van der Waals surface area contributed by atoms with Gasteiger partial charge in [-0.1, -0.05) is 0 Å². The van der Waals surface area contributed by atoms with Crippen LogP contribution in [0.25, 0.3) is 0 Å². The third kappa shape index (κ3) is 3.50. The first kappa shape index (κ1) is 17.0. The van der Waals surface area contributed by atoms with Crippen molar-refractivity contribution in [3.8, 4) is 5.75 Å². The monoisotopic (exact) mass is 343 g/mol. The number of anilines is 1. The van der Waals surface area contributed by atoms with Gasteiger partial charge in [0.15, 0.2) is 0 Å². The van der Waals surface area contributed by atoms with Crippen LogP contribution in [-0.2, 0) is 17.8 Å². The van der Waals surface area contributed by atoms with Gasteiger partial charge in [-0.3, -0.25) is 14.3 Å². The summed E-state index contributed by atoms with van der Waals surface area (Å²) in [5, 5.41) is 16.0. The van der Waals surface area contributed by atoms with E-state index < -0.39 is 5.97 Å². The highest BCUT2D eigenvalue weighted by Crippen LogP contribution is 2.30. The van der Waals surface area contributed by atoms with Gasteiger partial charge in [0.1, 0.15) is 11.9 Å². The Hall–Kier alpha value is -2.83. The molecule has 1 aromatic carbocycles. The lowest BCUT2D eigenvalue weighted by Gasteiger charge is -2.08. The summed E-state index contributed by atoms with van der Waals surface area (Å²) in [6.07, 6.45) is 0.908. The predicted octanol–water partition coefficient (Wildman–Crippen LogP) is 2.55.